The summed E-state index contributed by atoms with van der Waals surface area (Å²) in [6.45, 7) is 12.2. The minimum absolute atomic E-state index is 0.150. The topological polar surface area (TPSA) is 57.1 Å². The van der Waals surface area contributed by atoms with Gasteiger partial charge in [0.2, 0.25) is 5.90 Å². The molecule has 124 valence electrons. The zero-order valence-electron chi connectivity index (χ0n) is 14.3. The maximum atomic E-state index is 10.1. The van der Waals surface area contributed by atoms with Gasteiger partial charge in [0.25, 0.3) is 0 Å². The van der Waals surface area contributed by atoms with E-state index in [2.05, 4.69) is 51.0 Å². The summed E-state index contributed by atoms with van der Waals surface area (Å²) in [6.07, 6.45) is 5.77. The second-order valence-corrected chi connectivity index (χ2v) is 7.15. The van der Waals surface area contributed by atoms with Crippen LogP contribution in [0.15, 0.2) is 29.0 Å². The Balaban J connectivity index is 2.00. The fraction of sp³-hybridized carbons (Fsp3) is 0.706. The van der Waals surface area contributed by atoms with Crippen LogP contribution < -0.4 is 5.32 Å². The number of β-amino-alcohol motifs (C(OH)–C–C–N with tert-alkyl or cyclic N) is 1. The van der Waals surface area contributed by atoms with Crippen LogP contribution in [0.25, 0.3) is 0 Å². The Morgan fingerprint density at radius 2 is 2.23 bits per heavy atom. The molecule has 0 aromatic rings. The predicted molar refractivity (Wildman–Crippen MR) is 89.7 cm³/mol. The Morgan fingerprint density at radius 1 is 1.50 bits per heavy atom. The van der Waals surface area contributed by atoms with Crippen molar-refractivity contribution in [1.82, 2.24) is 10.2 Å². The summed E-state index contributed by atoms with van der Waals surface area (Å²) in [5.41, 5.74) is 0.930. The Kier molecular flexibility index (Phi) is 5.29. The number of aliphatic imine (C=N–C) groups is 1. The van der Waals surface area contributed by atoms with E-state index in [1.807, 2.05) is 17.3 Å². The van der Waals surface area contributed by atoms with Gasteiger partial charge in [0, 0.05) is 43.0 Å². The van der Waals surface area contributed by atoms with Crippen molar-refractivity contribution in [2.24, 2.45) is 10.9 Å². The van der Waals surface area contributed by atoms with Crippen molar-refractivity contribution in [1.29, 1.82) is 0 Å². The number of nitrogens with one attached hydrogen (secondary N) is 1. The lowest BCUT2D eigenvalue weighted by Gasteiger charge is -2.27. The van der Waals surface area contributed by atoms with Crippen LogP contribution in [0.2, 0.25) is 0 Å². The lowest BCUT2D eigenvalue weighted by atomic mass is 9.99. The second-order valence-electron chi connectivity index (χ2n) is 7.15. The van der Waals surface area contributed by atoms with Crippen LogP contribution in [-0.4, -0.2) is 53.3 Å². The minimum Gasteiger partial charge on any atom is -0.475 e. The first-order valence-corrected chi connectivity index (χ1v) is 8.07. The van der Waals surface area contributed by atoms with E-state index in [0.29, 0.717) is 25.7 Å². The van der Waals surface area contributed by atoms with Crippen molar-refractivity contribution in [3.8, 4) is 0 Å². The quantitative estimate of drug-likeness (QED) is 0.787. The average Bonchev–Trinajstić information content (AvgIpc) is 2.79. The average molecular weight is 307 g/mol. The number of aliphatic hydroxyl groups excluding tert-OH is 1. The Morgan fingerprint density at radius 3 is 2.82 bits per heavy atom. The third-order valence-corrected chi connectivity index (χ3v) is 3.76. The molecule has 2 N–H and O–H groups in total. The molecule has 0 saturated heterocycles. The molecule has 0 aliphatic carbocycles. The van der Waals surface area contributed by atoms with Crippen molar-refractivity contribution in [2.45, 2.75) is 52.3 Å². The highest BCUT2D eigenvalue weighted by Crippen LogP contribution is 2.27. The molecule has 0 saturated carbocycles. The first kappa shape index (κ1) is 17.0. The highest BCUT2D eigenvalue weighted by molar-refractivity contribution is 5.95. The number of hydrogen-bond donors (Lipinski definition) is 2. The smallest absolute Gasteiger partial charge is 0.214 e. The second kappa shape index (κ2) is 6.84. The SMILES string of the molecule is CC(C)NCC(O)CN1C=CC(C)C(C2=NC(C)(C)CO2)=C1. The van der Waals surface area contributed by atoms with Gasteiger partial charge in [-0.1, -0.05) is 26.8 Å². The molecule has 0 radical (unpaired) electrons. The van der Waals surface area contributed by atoms with E-state index in [-0.39, 0.29) is 11.5 Å². The molecule has 22 heavy (non-hydrogen) atoms. The largest absolute Gasteiger partial charge is 0.475 e. The molecule has 0 bridgehead atoms. The highest BCUT2D eigenvalue weighted by atomic mass is 16.5. The molecule has 2 atom stereocenters. The lowest BCUT2D eigenvalue weighted by Crippen LogP contribution is -2.38. The van der Waals surface area contributed by atoms with Gasteiger partial charge in [-0.25, -0.2) is 4.99 Å². The fourth-order valence-corrected chi connectivity index (χ4v) is 2.46. The molecule has 2 unspecified atom stereocenters. The molecule has 2 heterocycles. The maximum Gasteiger partial charge on any atom is 0.214 e. The van der Waals surface area contributed by atoms with Crippen LogP contribution in [0.5, 0.6) is 0 Å². The Labute approximate surface area is 133 Å². The standard InChI is InChI=1S/C17H29N3O2/c1-12(2)18-8-14(21)9-20-7-6-13(3)15(10-20)16-19-17(4,5)11-22-16/h6-7,10,12-14,18,21H,8-9,11H2,1-5H3. The van der Waals surface area contributed by atoms with E-state index >= 15 is 0 Å². The number of hydrogen-bond acceptors (Lipinski definition) is 5. The zero-order chi connectivity index (χ0) is 16.3. The monoisotopic (exact) mass is 307 g/mol. The molecule has 0 amide bonds. The van der Waals surface area contributed by atoms with Gasteiger partial charge in [-0.3, -0.25) is 0 Å². The summed E-state index contributed by atoms with van der Waals surface area (Å²) in [4.78, 5) is 6.67. The summed E-state index contributed by atoms with van der Waals surface area (Å²) in [5, 5.41) is 13.4. The fourth-order valence-electron chi connectivity index (χ4n) is 2.46. The molecule has 0 fully saturated rings. The maximum absolute atomic E-state index is 10.1. The Hall–Kier alpha value is -1.33. The van der Waals surface area contributed by atoms with Crippen LogP contribution in [0.3, 0.4) is 0 Å². The number of ether oxygens (including phenoxy) is 1. The van der Waals surface area contributed by atoms with Crippen molar-refractivity contribution in [3.05, 3.63) is 24.0 Å². The van der Waals surface area contributed by atoms with Crippen molar-refractivity contribution >= 4 is 5.90 Å². The summed E-state index contributed by atoms with van der Waals surface area (Å²) in [5.74, 6) is 1.01. The van der Waals surface area contributed by atoms with Gasteiger partial charge >= 0.3 is 0 Å². The highest BCUT2D eigenvalue weighted by Gasteiger charge is 2.30. The summed E-state index contributed by atoms with van der Waals surface area (Å²) >= 11 is 0. The molecule has 0 aromatic carbocycles. The van der Waals surface area contributed by atoms with Gasteiger partial charge in [-0.05, 0) is 13.8 Å². The third-order valence-electron chi connectivity index (χ3n) is 3.76. The third kappa shape index (κ3) is 4.58. The molecule has 0 spiro atoms. The van der Waals surface area contributed by atoms with Crippen molar-refractivity contribution in [2.75, 3.05) is 19.7 Å². The van der Waals surface area contributed by atoms with E-state index < -0.39 is 6.10 Å². The van der Waals surface area contributed by atoms with Crippen LogP contribution >= 0.6 is 0 Å². The Bertz CT molecular complexity index is 480. The van der Waals surface area contributed by atoms with E-state index in [1.54, 1.807) is 0 Å². The van der Waals surface area contributed by atoms with Crippen LogP contribution in [0, 0.1) is 5.92 Å². The van der Waals surface area contributed by atoms with E-state index in [9.17, 15) is 5.11 Å². The van der Waals surface area contributed by atoms with Crippen LogP contribution in [0.4, 0.5) is 0 Å². The van der Waals surface area contributed by atoms with Gasteiger partial charge in [-0.15, -0.1) is 0 Å². The summed E-state index contributed by atoms with van der Waals surface area (Å²) in [7, 11) is 0. The van der Waals surface area contributed by atoms with E-state index in [0.717, 1.165) is 11.5 Å². The predicted octanol–water partition coefficient (Wildman–Crippen LogP) is 1.90. The van der Waals surface area contributed by atoms with Gasteiger partial charge in [0.05, 0.1) is 11.6 Å². The number of rotatable bonds is 6. The molecule has 5 heteroatoms. The lowest BCUT2D eigenvalue weighted by molar-refractivity contribution is 0.143. The molecule has 2 rings (SSSR count). The summed E-state index contributed by atoms with van der Waals surface area (Å²) < 4.78 is 5.76. The normalized spacial score (nSPS) is 25.0. The van der Waals surface area contributed by atoms with Gasteiger partial charge < -0.3 is 20.1 Å². The minimum atomic E-state index is -0.416. The van der Waals surface area contributed by atoms with Gasteiger partial charge in [0.15, 0.2) is 0 Å². The van der Waals surface area contributed by atoms with Crippen LogP contribution in [0.1, 0.15) is 34.6 Å². The van der Waals surface area contributed by atoms with E-state index in [4.69, 9.17) is 4.74 Å². The number of nitrogens with zero attached hydrogens (tertiary/aromatic N) is 2. The summed E-state index contributed by atoms with van der Waals surface area (Å²) in [6, 6.07) is 0.376. The zero-order valence-corrected chi connectivity index (χ0v) is 14.3. The van der Waals surface area contributed by atoms with Crippen molar-refractivity contribution < 1.29 is 9.84 Å². The first-order chi connectivity index (χ1) is 10.3. The molecule has 5 nitrogen and oxygen atoms in total. The van der Waals surface area contributed by atoms with Crippen LogP contribution in [-0.2, 0) is 4.74 Å². The van der Waals surface area contributed by atoms with Crippen molar-refractivity contribution in [3.63, 3.8) is 0 Å². The molecule has 2 aliphatic rings. The molecule has 2 aliphatic heterocycles. The van der Waals surface area contributed by atoms with Gasteiger partial charge in [-0.2, -0.15) is 0 Å². The number of aliphatic hydroxyl groups is 1. The first-order valence-electron chi connectivity index (χ1n) is 8.07. The molecular weight excluding hydrogens is 278 g/mol. The van der Waals surface area contributed by atoms with E-state index in [1.165, 1.54) is 0 Å². The van der Waals surface area contributed by atoms with Gasteiger partial charge in [0.1, 0.15) is 6.61 Å². The molecule has 0 aromatic heterocycles. The number of allylic oxidation sites excluding steroid dienone is 1. The molecular formula is C17H29N3O2.